The van der Waals surface area contributed by atoms with Crippen LogP contribution in [0.15, 0.2) is 23.6 Å². The third-order valence-corrected chi connectivity index (χ3v) is 7.85. The molecule has 0 radical (unpaired) electrons. The van der Waals surface area contributed by atoms with Crippen molar-refractivity contribution in [2.45, 2.75) is 18.5 Å². The Morgan fingerprint density at radius 1 is 1.25 bits per heavy atom. The van der Waals surface area contributed by atoms with Gasteiger partial charge in [-0.2, -0.15) is 0 Å². The van der Waals surface area contributed by atoms with Crippen LogP contribution in [0.5, 0.6) is 0 Å². The lowest BCUT2D eigenvalue weighted by molar-refractivity contribution is -0.119. The fourth-order valence-electron chi connectivity index (χ4n) is 3.49. The third-order valence-electron chi connectivity index (χ3n) is 5.09. The number of nitrogens with two attached hydrogens (primary N) is 1. The van der Waals surface area contributed by atoms with Crippen LogP contribution < -0.4 is 16.4 Å². The SMILES string of the molecule is CNC(=O)CNC(=O)c1csc([C@@H]2C[C@@H](N)CN2C(=O)c2cc3cc(Cl)c(Cl)cc3s2)n1. The Kier molecular flexibility index (Phi) is 6.68. The zero-order valence-corrected chi connectivity index (χ0v) is 20.0. The standard InChI is InChI=1S/C20H19Cl2N5O3S2/c1-24-17(28)6-25-18(29)13-8-31-19(26-13)14-4-10(23)7-27(14)20(30)16-3-9-2-11(21)12(22)5-15(9)32-16/h2-3,5,8,10,14H,4,6-7,23H2,1H3,(H,24,28)(H,25,29)/t10-,14+/m1/s1. The van der Waals surface area contributed by atoms with E-state index in [0.717, 1.165) is 10.1 Å². The number of amides is 3. The van der Waals surface area contributed by atoms with Gasteiger partial charge in [-0.1, -0.05) is 23.2 Å². The molecule has 1 aliphatic rings. The van der Waals surface area contributed by atoms with Crippen molar-refractivity contribution in [2.24, 2.45) is 5.73 Å². The Bertz CT molecular complexity index is 1170. The number of carbonyl (C=O) groups excluding carboxylic acids is 3. The van der Waals surface area contributed by atoms with Crippen molar-refractivity contribution in [3.63, 3.8) is 0 Å². The Labute approximate surface area is 201 Å². The first-order valence-corrected chi connectivity index (χ1v) is 12.1. The highest BCUT2D eigenvalue weighted by Gasteiger charge is 2.37. The van der Waals surface area contributed by atoms with E-state index in [0.29, 0.717) is 32.9 Å². The van der Waals surface area contributed by atoms with Crippen LogP contribution in [-0.4, -0.2) is 53.8 Å². The van der Waals surface area contributed by atoms with Crippen molar-refractivity contribution in [2.75, 3.05) is 20.1 Å². The van der Waals surface area contributed by atoms with Crippen molar-refractivity contribution in [1.29, 1.82) is 0 Å². The Hall–Kier alpha value is -2.24. The molecule has 3 amide bonds. The quantitative estimate of drug-likeness (QED) is 0.486. The summed E-state index contributed by atoms with van der Waals surface area (Å²) in [7, 11) is 1.49. The molecule has 0 unspecified atom stereocenters. The maximum absolute atomic E-state index is 13.3. The number of thiophene rings is 1. The molecule has 3 aromatic rings. The highest BCUT2D eigenvalue weighted by atomic mass is 35.5. The number of hydrogen-bond acceptors (Lipinski definition) is 7. The van der Waals surface area contributed by atoms with Crippen LogP contribution in [0.1, 0.15) is 37.6 Å². The zero-order chi connectivity index (χ0) is 23.0. The molecule has 168 valence electrons. The summed E-state index contributed by atoms with van der Waals surface area (Å²) in [6.45, 7) is 0.248. The number of fused-ring (bicyclic) bond motifs is 1. The zero-order valence-electron chi connectivity index (χ0n) is 16.9. The minimum Gasteiger partial charge on any atom is -0.358 e. The molecule has 0 saturated carbocycles. The van der Waals surface area contributed by atoms with E-state index < -0.39 is 5.91 Å². The van der Waals surface area contributed by atoms with Crippen LogP contribution in [0.4, 0.5) is 0 Å². The minimum atomic E-state index is -0.450. The summed E-state index contributed by atoms with van der Waals surface area (Å²) in [6.07, 6.45) is 0.543. The monoisotopic (exact) mass is 511 g/mol. The predicted octanol–water partition coefficient (Wildman–Crippen LogP) is 3.05. The van der Waals surface area contributed by atoms with Gasteiger partial charge in [-0.3, -0.25) is 14.4 Å². The maximum Gasteiger partial charge on any atom is 0.271 e. The Balaban J connectivity index is 1.55. The van der Waals surface area contributed by atoms with Gasteiger partial charge in [-0.15, -0.1) is 22.7 Å². The fourth-order valence-corrected chi connectivity index (χ4v) is 5.86. The summed E-state index contributed by atoms with van der Waals surface area (Å²) in [6, 6.07) is 4.75. The van der Waals surface area contributed by atoms with Crippen molar-refractivity contribution in [3.8, 4) is 0 Å². The molecule has 8 nitrogen and oxygen atoms in total. The highest BCUT2D eigenvalue weighted by Crippen LogP contribution is 2.38. The molecule has 3 heterocycles. The molecule has 1 aromatic carbocycles. The topological polar surface area (TPSA) is 117 Å². The van der Waals surface area contributed by atoms with Gasteiger partial charge in [-0.05, 0) is 30.0 Å². The van der Waals surface area contributed by atoms with Crippen LogP contribution in [0, 0.1) is 0 Å². The lowest BCUT2D eigenvalue weighted by Gasteiger charge is -2.22. The molecule has 4 rings (SSSR count). The molecular formula is C20H19Cl2N5O3S2. The number of nitrogens with zero attached hydrogens (tertiary/aromatic N) is 2. The number of thiazole rings is 1. The van der Waals surface area contributed by atoms with Crippen molar-refractivity contribution < 1.29 is 14.4 Å². The molecule has 12 heteroatoms. The van der Waals surface area contributed by atoms with Crippen molar-refractivity contribution in [3.05, 3.63) is 49.2 Å². The summed E-state index contributed by atoms with van der Waals surface area (Å²) < 4.78 is 0.868. The first-order valence-electron chi connectivity index (χ1n) is 9.66. The molecular weight excluding hydrogens is 493 g/mol. The molecule has 2 atom stereocenters. The van der Waals surface area contributed by atoms with Gasteiger partial charge in [0.15, 0.2) is 0 Å². The average molecular weight is 512 g/mol. The van der Waals surface area contributed by atoms with Crippen molar-refractivity contribution >= 4 is 73.7 Å². The third kappa shape index (κ3) is 4.60. The van der Waals surface area contributed by atoms with Gasteiger partial charge in [0.25, 0.3) is 11.8 Å². The van der Waals surface area contributed by atoms with E-state index in [-0.39, 0.29) is 36.1 Å². The molecule has 2 aromatic heterocycles. The second-order valence-corrected chi connectivity index (χ2v) is 10.1. The first kappa shape index (κ1) is 22.9. The summed E-state index contributed by atoms with van der Waals surface area (Å²) in [5.74, 6) is -0.912. The van der Waals surface area contributed by atoms with Crippen LogP contribution in [0.25, 0.3) is 10.1 Å². The lowest BCUT2D eigenvalue weighted by Crippen LogP contribution is -2.35. The molecule has 0 spiro atoms. The number of likely N-dealkylation sites (tertiary alicyclic amines) is 1. The van der Waals surface area contributed by atoms with Gasteiger partial charge in [0.05, 0.1) is 27.5 Å². The van der Waals surface area contributed by atoms with Crippen molar-refractivity contribution in [1.82, 2.24) is 20.5 Å². The molecule has 32 heavy (non-hydrogen) atoms. The number of hydrogen-bond donors (Lipinski definition) is 3. The number of likely N-dealkylation sites (N-methyl/N-ethyl adjacent to an activating group) is 1. The molecule has 1 aliphatic heterocycles. The van der Waals surface area contributed by atoms with Gasteiger partial charge in [-0.25, -0.2) is 4.98 Å². The molecule has 0 aliphatic carbocycles. The second-order valence-electron chi connectivity index (χ2n) is 7.31. The number of halogens is 2. The summed E-state index contributed by atoms with van der Waals surface area (Å²) >= 11 is 14.8. The Morgan fingerprint density at radius 2 is 2.00 bits per heavy atom. The maximum atomic E-state index is 13.3. The van der Waals surface area contributed by atoms with Gasteiger partial charge < -0.3 is 21.3 Å². The molecule has 1 fully saturated rings. The average Bonchev–Trinajstić information content (AvgIpc) is 3.49. The summed E-state index contributed by atoms with van der Waals surface area (Å²) in [4.78, 5) is 43.6. The summed E-state index contributed by atoms with van der Waals surface area (Å²) in [5, 5.41) is 8.90. The minimum absolute atomic E-state index is 0.138. The van der Waals surface area contributed by atoms with Crippen LogP contribution in [0.2, 0.25) is 10.0 Å². The number of carbonyl (C=O) groups is 3. The van der Waals surface area contributed by atoms with Crippen LogP contribution >= 0.6 is 45.9 Å². The molecule has 1 saturated heterocycles. The lowest BCUT2D eigenvalue weighted by atomic mass is 10.2. The van der Waals surface area contributed by atoms with Crippen LogP contribution in [0.3, 0.4) is 0 Å². The van der Waals surface area contributed by atoms with E-state index in [1.54, 1.807) is 28.5 Å². The largest absolute Gasteiger partial charge is 0.358 e. The molecule has 0 bridgehead atoms. The van der Waals surface area contributed by atoms with Gasteiger partial charge in [0, 0.05) is 29.7 Å². The number of nitrogens with one attached hydrogen (secondary N) is 2. The molecule has 4 N–H and O–H groups in total. The number of benzene rings is 1. The van der Waals surface area contributed by atoms with Gasteiger partial charge >= 0.3 is 0 Å². The number of rotatable bonds is 5. The van der Waals surface area contributed by atoms with E-state index in [9.17, 15) is 14.4 Å². The smallest absolute Gasteiger partial charge is 0.271 e. The van der Waals surface area contributed by atoms with Crippen LogP contribution in [-0.2, 0) is 4.79 Å². The fraction of sp³-hybridized carbons (Fsp3) is 0.300. The number of aromatic nitrogens is 1. The normalized spacial score (nSPS) is 18.2. The first-order chi connectivity index (χ1) is 15.3. The van der Waals surface area contributed by atoms with Gasteiger partial charge in [0.2, 0.25) is 5.91 Å². The highest BCUT2D eigenvalue weighted by molar-refractivity contribution is 7.20. The van der Waals surface area contributed by atoms with E-state index in [1.807, 2.05) is 0 Å². The van der Waals surface area contributed by atoms with E-state index in [1.165, 1.54) is 29.7 Å². The Morgan fingerprint density at radius 3 is 2.75 bits per heavy atom. The summed E-state index contributed by atoms with van der Waals surface area (Å²) in [5.41, 5.74) is 6.38. The van der Waals surface area contributed by atoms with E-state index in [2.05, 4.69) is 15.6 Å². The second kappa shape index (κ2) is 9.32. The van der Waals surface area contributed by atoms with E-state index in [4.69, 9.17) is 28.9 Å². The van der Waals surface area contributed by atoms with Gasteiger partial charge in [0.1, 0.15) is 10.7 Å². The van der Waals surface area contributed by atoms with E-state index >= 15 is 0 Å². The predicted molar refractivity (Wildman–Crippen MR) is 127 cm³/mol.